The van der Waals surface area contributed by atoms with Gasteiger partial charge in [0.15, 0.2) is 0 Å². The Balaban J connectivity index is 3.20. The predicted molar refractivity (Wildman–Crippen MR) is 53.0 cm³/mol. The fraction of sp³-hybridized carbons (Fsp3) is 0.667. The molecule has 0 rings (SSSR count). The smallest absolute Gasteiger partial charge is 0.137 e. The Kier molecular flexibility index (Phi) is 7.58. The van der Waals surface area contributed by atoms with E-state index in [1.54, 1.807) is 0 Å². The Bertz CT molecular complexity index is 130. The van der Waals surface area contributed by atoms with Crippen LogP contribution in [0, 0.1) is 0 Å². The van der Waals surface area contributed by atoms with E-state index in [2.05, 4.69) is 0 Å². The van der Waals surface area contributed by atoms with Crippen LogP contribution < -0.4 is 11.5 Å². The van der Waals surface area contributed by atoms with Crippen LogP contribution in [0.1, 0.15) is 0 Å². The second kappa shape index (κ2) is 7.60. The van der Waals surface area contributed by atoms with E-state index >= 15 is 0 Å². The Hall–Kier alpha value is -0.0400. The molecular formula is C6H12N2O2S2. The normalized spacial score (nSPS) is 15.2. The van der Waals surface area contributed by atoms with Crippen molar-refractivity contribution in [2.24, 2.45) is 11.5 Å². The van der Waals surface area contributed by atoms with E-state index in [0.717, 1.165) is 0 Å². The molecule has 2 atom stereocenters. The summed E-state index contributed by atoms with van der Waals surface area (Å²) in [5.74, 6) is 1.11. The van der Waals surface area contributed by atoms with Gasteiger partial charge in [-0.3, -0.25) is 0 Å². The molecule has 4 N–H and O–H groups in total. The number of hydrogen-bond acceptors (Lipinski definition) is 6. The zero-order valence-electron chi connectivity index (χ0n) is 6.51. The van der Waals surface area contributed by atoms with Crippen molar-refractivity contribution in [1.82, 2.24) is 0 Å². The van der Waals surface area contributed by atoms with Gasteiger partial charge < -0.3 is 21.1 Å². The van der Waals surface area contributed by atoms with Crippen molar-refractivity contribution in [2.75, 3.05) is 11.5 Å². The number of aldehydes is 2. The molecule has 0 spiro atoms. The van der Waals surface area contributed by atoms with Crippen LogP contribution in [-0.2, 0) is 9.59 Å². The zero-order chi connectivity index (χ0) is 9.40. The zero-order valence-corrected chi connectivity index (χ0v) is 8.14. The third kappa shape index (κ3) is 6.66. The molecule has 0 aliphatic heterocycles. The SMILES string of the molecule is NC(C=O)CSSC[C@H](N)C=O. The summed E-state index contributed by atoms with van der Waals surface area (Å²) in [5, 5.41) is 0. The standard InChI is InChI=1S/C6H12N2O2S2/c7-5(1-9)3-11-12-4-6(8)2-10/h1-2,5-6H,3-4,7-8H2/t5-,6?/m1/s1. The van der Waals surface area contributed by atoms with Crippen LogP contribution in [0.2, 0.25) is 0 Å². The molecule has 0 saturated carbocycles. The molecule has 0 bridgehead atoms. The van der Waals surface area contributed by atoms with Gasteiger partial charge in [0, 0.05) is 11.5 Å². The molecule has 6 heteroatoms. The number of carbonyl (C=O) groups excluding carboxylic acids is 2. The van der Waals surface area contributed by atoms with Gasteiger partial charge in [0.25, 0.3) is 0 Å². The first kappa shape index (κ1) is 12.0. The largest absolute Gasteiger partial charge is 0.321 e. The number of carbonyl (C=O) groups is 2. The maximum absolute atomic E-state index is 10.1. The molecule has 70 valence electrons. The molecule has 0 aliphatic carbocycles. The van der Waals surface area contributed by atoms with Gasteiger partial charge in [-0.25, -0.2) is 0 Å². The molecule has 0 amide bonds. The summed E-state index contributed by atoms with van der Waals surface area (Å²) < 4.78 is 0. The molecule has 1 unspecified atom stereocenters. The lowest BCUT2D eigenvalue weighted by Crippen LogP contribution is -2.25. The number of hydrogen-bond donors (Lipinski definition) is 2. The maximum Gasteiger partial charge on any atom is 0.137 e. The van der Waals surface area contributed by atoms with Gasteiger partial charge in [-0.15, -0.1) is 0 Å². The molecule has 0 fully saturated rings. The van der Waals surface area contributed by atoms with Crippen molar-refractivity contribution in [3.8, 4) is 0 Å². The maximum atomic E-state index is 10.1. The number of nitrogens with two attached hydrogens (primary N) is 2. The van der Waals surface area contributed by atoms with Crippen molar-refractivity contribution < 1.29 is 9.59 Å². The van der Waals surface area contributed by atoms with Crippen molar-refractivity contribution >= 4 is 34.2 Å². The third-order valence-electron chi connectivity index (χ3n) is 0.954. The lowest BCUT2D eigenvalue weighted by Gasteiger charge is -2.04. The fourth-order valence-corrected chi connectivity index (χ4v) is 2.52. The first-order valence-electron chi connectivity index (χ1n) is 3.37. The highest BCUT2D eigenvalue weighted by atomic mass is 33.1. The van der Waals surface area contributed by atoms with Gasteiger partial charge >= 0.3 is 0 Å². The number of rotatable bonds is 7. The molecule has 0 aromatic carbocycles. The molecule has 0 aliphatic rings. The lowest BCUT2D eigenvalue weighted by atomic mass is 10.4. The van der Waals surface area contributed by atoms with Gasteiger partial charge in [0.05, 0.1) is 12.1 Å². The third-order valence-corrected chi connectivity index (χ3v) is 3.48. The van der Waals surface area contributed by atoms with Crippen LogP contribution in [-0.4, -0.2) is 36.2 Å². The highest BCUT2D eigenvalue weighted by Gasteiger charge is 2.02. The minimum Gasteiger partial charge on any atom is -0.321 e. The first-order chi connectivity index (χ1) is 5.70. The minimum absolute atomic E-state index is 0.421. The van der Waals surface area contributed by atoms with E-state index in [4.69, 9.17) is 11.5 Å². The molecule has 0 heterocycles. The van der Waals surface area contributed by atoms with E-state index in [1.165, 1.54) is 21.6 Å². The van der Waals surface area contributed by atoms with Crippen molar-refractivity contribution in [2.45, 2.75) is 12.1 Å². The van der Waals surface area contributed by atoms with Crippen LogP contribution in [0.15, 0.2) is 0 Å². The van der Waals surface area contributed by atoms with E-state index in [1.807, 2.05) is 0 Å². The molecule has 0 saturated heterocycles. The summed E-state index contributed by atoms with van der Waals surface area (Å²) in [4.78, 5) is 20.1. The highest BCUT2D eigenvalue weighted by Crippen LogP contribution is 2.21. The molecule has 0 aromatic rings. The van der Waals surface area contributed by atoms with Crippen LogP contribution in [0.5, 0.6) is 0 Å². The van der Waals surface area contributed by atoms with Crippen molar-refractivity contribution in [3.63, 3.8) is 0 Å². The molecule has 0 radical (unpaired) electrons. The van der Waals surface area contributed by atoms with E-state index in [9.17, 15) is 9.59 Å². The Labute approximate surface area is 79.2 Å². The molecule has 4 nitrogen and oxygen atoms in total. The highest BCUT2D eigenvalue weighted by molar-refractivity contribution is 8.76. The summed E-state index contributed by atoms with van der Waals surface area (Å²) >= 11 is 0. The minimum atomic E-state index is -0.421. The van der Waals surface area contributed by atoms with Crippen LogP contribution in [0.25, 0.3) is 0 Å². The molecular weight excluding hydrogens is 196 g/mol. The molecule has 12 heavy (non-hydrogen) atoms. The van der Waals surface area contributed by atoms with Crippen molar-refractivity contribution in [1.29, 1.82) is 0 Å². The van der Waals surface area contributed by atoms with Gasteiger partial charge in [0.1, 0.15) is 12.6 Å². The van der Waals surface area contributed by atoms with E-state index in [0.29, 0.717) is 24.1 Å². The monoisotopic (exact) mass is 208 g/mol. The predicted octanol–water partition coefficient (Wildman–Crippen LogP) is -0.580. The van der Waals surface area contributed by atoms with Crippen LogP contribution >= 0.6 is 21.6 Å². The van der Waals surface area contributed by atoms with Gasteiger partial charge in [-0.2, -0.15) is 0 Å². The topological polar surface area (TPSA) is 86.2 Å². The van der Waals surface area contributed by atoms with Gasteiger partial charge in [0.2, 0.25) is 0 Å². The van der Waals surface area contributed by atoms with E-state index in [-0.39, 0.29) is 0 Å². The van der Waals surface area contributed by atoms with Crippen LogP contribution in [0.4, 0.5) is 0 Å². The van der Waals surface area contributed by atoms with Gasteiger partial charge in [-0.1, -0.05) is 21.6 Å². The second-order valence-electron chi connectivity index (χ2n) is 2.17. The van der Waals surface area contributed by atoms with Crippen LogP contribution in [0.3, 0.4) is 0 Å². The Morgan fingerprint density at radius 1 is 1.00 bits per heavy atom. The van der Waals surface area contributed by atoms with E-state index < -0.39 is 12.1 Å². The first-order valence-corrected chi connectivity index (χ1v) is 5.85. The lowest BCUT2D eigenvalue weighted by molar-refractivity contribution is -0.109. The summed E-state index contributed by atoms with van der Waals surface area (Å²) in [5.41, 5.74) is 10.6. The Morgan fingerprint density at radius 2 is 1.33 bits per heavy atom. The Morgan fingerprint density at radius 3 is 1.58 bits per heavy atom. The fourth-order valence-electron chi connectivity index (χ4n) is 0.332. The summed E-state index contributed by atoms with van der Waals surface area (Å²) in [6, 6.07) is -0.843. The van der Waals surface area contributed by atoms with Crippen molar-refractivity contribution in [3.05, 3.63) is 0 Å². The summed E-state index contributed by atoms with van der Waals surface area (Å²) in [6.07, 6.45) is 1.40. The average molecular weight is 208 g/mol. The van der Waals surface area contributed by atoms with Gasteiger partial charge in [-0.05, 0) is 0 Å². The average Bonchev–Trinajstić information content (AvgIpc) is 2.11. The quantitative estimate of drug-likeness (QED) is 0.331. The second-order valence-corrected chi connectivity index (χ2v) is 4.72. The summed E-state index contributed by atoms with van der Waals surface area (Å²) in [6.45, 7) is 0. The summed E-state index contributed by atoms with van der Waals surface area (Å²) in [7, 11) is 2.90. The molecule has 0 aromatic heterocycles.